The first kappa shape index (κ1) is 10.7. The van der Waals surface area contributed by atoms with E-state index in [0.29, 0.717) is 0 Å². The summed E-state index contributed by atoms with van der Waals surface area (Å²) in [4.78, 5) is 12.1. The van der Waals surface area contributed by atoms with Crippen molar-refractivity contribution in [1.82, 2.24) is 0 Å². The highest BCUT2D eigenvalue weighted by atomic mass is 16.1. The van der Waals surface area contributed by atoms with Crippen molar-refractivity contribution in [3.63, 3.8) is 0 Å². The zero-order valence-electron chi connectivity index (χ0n) is 9.15. The fourth-order valence-corrected chi connectivity index (χ4v) is 2.02. The van der Waals surface area contributed by atoms with Crippen molar-refractivity contribution in [2.45, 2.75) is 19.3 Å². The maximum atomic E-state index is 12.1. The number of allylic oxidation sites excluding steroid dienone is 2. The lowest BCUT2D eigenvalue weighted by molar-refractivity contribution is 0.102. The van der Waals surface area contributed by atoms with Crippen LogP contribution in [0, 0.1) is 18.3 Å². The first-order valence-electron chi connectivity index (χ1n) is 5.58. The number of Topliss-reactive ketones (excluding diaryl/α,β-unsaturated/α-hetero) is 1. The number of rotatable bonds is 2. The molecule has 1 heteroatoms. The molecule has 2 rings (SSSR count). The van der Waals surface area contributed by atoms with Crippen LogP contribution in [0.25, 0.3) is 0 Å². The minimum Gasteiger partial charge on any atom is -0.289 e. The molecule has 1 aromatic rings. The third-order valence-electron chi connectivity index (χ3n) is 2.91. The zero-order valence-corrected chi connectivity index (χ0v) is 9.15. The van der Waals surface area contributed by atoms with Gasteiger partial charge in [0, 0.05) is 11.5 Å². The van der Waals surface area contributed by atoms with Crippen molar-refractivity contribution in [1.29, 1.82) is 0 Å². The number of terminal acetylenes is 1. The molecule has 0 heterocycles. The topological polar surface area (TPSA) is 17.1 Å². The molecule has 16 heavy (non-hydrogen) atoms. The molecule has 0 fully saturated rings. The Morgan fingerprint density at radius 2 is 2.06 bits per heavy atom. The molecule has 1 atom stereocenters. The van der Waals surface area contributed by atoms with Gasteiger partial charge in [0.2, 0.25) is 0 Å². The molecule has 1 unspecified atom stereocenters. The van der Waals surface area contributed by atoms with E-state index >= 15 is 0 Å². The highest BCUT2D eigenvalue weighted by Crippen LogP contribution is 2.24. The van der Waals surface area contributed by atoms with Crippen LogP contribution in [-0.2, 0) is 0 Å². The van der Waals surface area contributed by atoms with Crippen molar-refractivity contribution in [3.05, 3.63) is 47.5 Å². The Hall–Kier alpha value is -1.81. The van der Waals surface area contributed by atoms with Gasteiger partial charge in [0.15, 0.2) is 5.78 Å². The Kier molecular flexibility index (Phi) is 3.22. The number of carbonyl (C=O) groups excluding carboxylic acids is 1. The van der Waals surface area contributed by atoms with E-state index in [-0.39, 0.29) is 11.7 Å². The lowest BCUT2D eigenvalue weighted by Crippen LogP contribution is -2.10. The van der Waals surface area contributed by atoms with Crippen LogP contribution >= 0.6 is 0 Å². The minimum atomic E-state index is 0.126. The molecule has 0 bridgehead atoms. The van der Waals surface area contributed by atoms with Gasteiger partial charge < -0.3 is 0 Å². The average molecular weight is 210 g/mol. The van der Waals surface area contributed by atoms with Gasteiger partial charge in [-0.25, -0.2) is 0 Å². The van der Waals surface area contributed by atoms with E-state index in [4.69, 9.17) is 6.42 Å². The maximum Gasteiger partial charge on any atom is 0.188 e. The molecular formula is C15H14O. The number of carbonyl (C=O) groups is 1. The highest BCUT2D eigenvalue weighted by Gasteiger charge is 2.17. The summed E-state index contributed by atoms with van der Waals surface area (Å²) in [5.41, 5.74) is 1.63. The molecule has 0 aliphatic heterocycles. The Labute approximate surface area is 96.2 Å². The van der Waals surface area contributed by atoms with Crippen LogP contribution < -0.4 is 0 Å². The highest BCUT2D eigenvalue weighted by molar-refractivity contribution is 6.08. The summed E-state index contributed by atoms with van der Waals surface area (Å²) in [6.45, 7) is 0. The quantitative estimate of drug-likeness (QED) is 0.541. The SMILES string of the molecule is C#CC1C=C(C(=O)c2ccccc2)CCC1. The number of hydrogen-bond acceptors (Lipinski definition) is 1. The Bertz CT molecular complexity index is 448. The number of ketones is 1. The first-order valence-corrected chi connectivity index (χ1v) is 5.58. The van der Waals surface area contributed by atoms with Crippen LogP contribution in [0.3, 0.4) is 0 Å². The Morgan fingerprint density at radius 3 is 2.75 bits per heavy atom. The number of hydrogen-bond donors (Lipinski definition) is 0. The van der Waals surface area contributed by atoms with Crippen LogP contribution in [0.4, 0.5) is 0 Å². The largest absolute Gasteiger partial charge is 0.289 e. The summed E-state index contributed by atoms with van der Waals surface area (Å²) in [7, 11) is 0. The molecule has 80 valence electrons. The smallest absolute Gasteiger partial charge is 0.188 e. The fourth-order valence-electron chi connectivity index (χ4n) is 2.02. The molecule has 0 amide bonds. The second kappa shape index (κ2) is 4.81. The van der Waals surface area contributed by atoms with E-state index in [1.807, 2.05) is 36.4 Å². The van der Waals surface area contributed by atoms with Crippen LogP contribution in [0.5, 0.6) is 0 Å². The van der Waals surface area contributed by atoms with Crippen molar-refractivity contribution < 1.29 is 4.79 Å². The summed E-state index contributed by atoms with van der Waals surface area (Å²) in [6, 6.07) is 9.38. The van der Waals surface area contributed by atoms with Gasteiger partial charge in [0.25, 0.3) is 0 Å². The summed E-state index contributed by atoms with van der Waals surface area (Å²) in [6.07, 6.45) is 10.2. The zero-order chi connectivity index (χ0) is 11.4. The Morgan fingerprint density at radius 1 is 1.31 bits per heavy atom. The van der Waals surface area contributed by atoms with Gasteiger partial charge in [0.1, 0.15) is 0 Å². The van der Waals surface area contributed by atoms with Gasteiger partial charge in [-0.05, 0) is 24.8 Å². The van der Waals surface area contributed by atoms with Gasteiger partial charge in [0.05, 0.1) is 0 Å². The third kappa shape index (κ3) is 2.23. The van der Waals surface area contributed by atoms with Gasteiger partial charge in [-0.3, -0.25) is 4.79 Å². The lowest BCUT2D eigenvalue weighted by Gasteiger charge is -2.16. The molecule has 0 spiro atoms. The minimum absolute atomic E-state index is 0.126. The third-order valence-corrected chi connectivity index (χ3v) is 2.91. The molecule has 0 saturated heterocycles. The monoisotopic (exact) mass is 210 g/mol. The second-order valence-corrected chi connectivity index (χ2v) is 4.05. The summed E-state index contributed by atoms with van der Waals surface area (Å²) in [5.74, 6) is 2.97. The van der Waals surface area contributed by atoms with Crippen LogP contribution in [0.15, 0.2) is 42.0 Å². The summed E-state index contributed by atoms with van der Waals surface area (Å²) >= 11 is 0. The average Bonchev–Trinajstić information content (AvgIpc) is 2.39. The van der Waals surface area contributed by atoms with E-state index in [1.165, 1.54) is 0 Å². The predicted octanol–water partition coefficient (Wildman–Crippen LogP) is 3.23. The van der Waals surface area contributed by atoms with E-state index in [0.717, 1.165) is 30.4 Å². The molecule has 1 aliphatic carbocycles. The van der Waals surface area contributed by atoms with E-state index in [9.17, 15) is 4.79 Å². The predicted molar refractivity (Wildman–Crippen MR) is 65.0 cm³/mol. The second-order valence-electron chi connectivity index (χ2n) is 4.05. The molecule has 0 saturated carbocycles. The first-order chi connectivity index (χ1) is 7.81. The molecule has 0 aromatic heterocycles. The standard InChI is InChI=1S/C15H14O/c1-2-12-7-6-10-14(11-12)15(16)13-8-4-3-5-9-13/h1,3-5,8-9,11-12H,6-7,10H2. The molecular weight excluding hydrogens is 196 g/mol. The van der Waals surface area contributed by atoms with Crippen molar-refractivity contribution in [2.75, 3.05) is 0 Å². The molecule has 0 radical (unpaired) electrons. The van der Waals surface area contributed by atoms with Crippen LogP contribution in [0.2, 0.25) is 0 Å². The van der Waals surface area contributed by atoms with Crippen LogP contribution in [-0.4, -0.2) is 5.78 Å². The lowest BCUT2D eigenvalue weighted by atomic mass is 9.87. The van der Waals surface area contributed by atoms with E-state index in [2.05, 4.69) is 5.92 Å². The summed E-state index contributed by atoms with van der Waals surface area (Å²) < 4.78 is 0. The van der Waals surface area contributed by atoms with Gasteiger partial charge in [-0.15, -0.1) is 6.42 Å². The fraction of sp³-hybridized carbons (Fsp3) is 0.267. The maximum absolute atomic E-state index is 12.1. The Balaban J connectivity index is 2.23. The van der Waals surface area contributed by atoms with E-state index < -0.39 is 0 Å². The molecule has 0 N–H and O–H groups in total. The molecule has 1 nitrogen and oxygen atoms in total. The number of benzene rings is 1. The van der Waals surface area contributed by atoms with Gasteiger partial charge in [-0.1, -0.05) is 42.3 Å². The normalized spacial score (nSPS) is 19.7. The summed E-state index contributed by atoms with van der Waals surface area (Å²) in [5, 5.41) is 0. The van der Waals surface area contributed by atoms with Crippen molar-refractivity contribution in [2.24, 2.45) is 5.92 Å². The van der Waals surface area contributed by atoms with Crippen molar-refractivity contribution >= 4 is 5.78 Å². The molecule has 1 aromatic carbocycles. The van der Waals surface area contributed by atoms with E-state index in [1.54, 1.807) is 0 Å². The van der Waals surface area contributed by atoms with Crippen LogP contribution in [0.1, 0.15) is 29.6 Å². The van der Waals surface area contributed by atoms with Gasteiger partial charge >= 0.3 is 0 Å². The van der Waals surface area contributed by atoms with Crippen molar-refractivity contribution in [3.8, 4) is 12.3 Å². The van der Waals surface area contributed by atoms with Gasteiger partial charge in [-0.2, -0.15) is 0 Å². The molecule has 1 aliphatic rings.